The first kappa shape index (κ1) is 13.8. The maximum absolute atomic E-state index is 5.71. The number of aromatic nitrogens is 4. The average molecular weight is 303 g/mol. The Kier molecular flexibility index (Phi) is 3.57. The molecule has 7 heteroatoms. The molecule has 0 aliphatic heterocycles. The summed E-state index contributed by atoms with van der Waals surface area (Å²) in [4.78, 5) is 0. The highest BCUT2D eigenvalue weighted by Gasteiger charge is 2.30. The number of methoxy groups -OCH3 is 1. The number of hydrogen-bond acceptors (Lipinski definition) is 6. The molecule has 0 radical (unpaired) electrons. The van der Waals surface area contributed by atoms with Crippen molar-refractivity contribution in [2.45, 2.75) is 50.6 Å². The molecular weight excluding hydrogens is 282 g/mol. The predicted octanol–water partition coefficient (Wildman–Crippen LogP) is 2.28. The first-order chi connectivity index (χ1) is 10.8. The molecule has 1 unspecified atom stereocenters. The number of anilines is 1. The lowest BCUT2D eigenvalue weighted by Gasteiger charge is -2.20. The van der Waals surface area contributed by atoms with Crippen molar-refractivity contribution in [1.82, 2.24) is 20.0 Å². The minimum absolute atomic E-state index is 0.153. The van der Waals surface area contributed by atoms with Crippen LogP contribution in [0.15, 0.2) is 10.6 Å². The van der Waals surface area contributed by atoms with E-state index in [1.807, 2.05) is 4.68 Å². The van der Waals surface area contributed by atoms with Crippen molar-refractivity contribution in [3.05, 3.63) is 23.3 Å². The van der Waals surface area contributed by atoms with Crippen LogP contribution in [0.1, 0.15) is 54.8 Å². The van der Waals surface area contributed by atoms with Gasteiger partial charge in [0.25, 0.3) is 0 Å². The van der Waals surface area contributed by atoms with E-state index in [9.17, 15) is 0 Å². The molecule has 0 amide bonds. The zero-order valence-corrected chi connectivity index (χ0v) is 12.8. The Morgan fingerprint density at radius 1 is 1.36 bits per heavy atom. The van der Waals surface area contributed by atoms with Crippen LogP contribution in [-0.4, -0.2) is 33.7 Å². The number of rotatable bonds is 6. The van der Waals surface area contributed by atoms with E-state index in [1.165, 1.54) is 18.4 Å². The van der Waals surface area contributed by atoms with E-state index >= 15 is 0 Å². The summed E-state index contributed by atoms with van der Waals surface area (Å²) in [6, 6.07) is 0.672. The van der Waals surface area contributed by atoms with Crippen molar-refractivity contribution in [2.75, 3.05) is 19.0 Å². The topological polar surface area (TPSA) is 78.0 Å². The third-order valence-corrected chi connectivity index (χ3v) is 4.33. The SMILES string of the molecule is COCCn1cc2c(n1)C(Nc1nnc(C3CC3)o1)CCC2. The van der Waals surface area contributed by atoms with Gasteiger partial charge < -0.3 is 14.5 Å². The summed E-state index contributed by atoms with van der Waals surface area (Å²) in [6.07, 6.45) is 7.72. The number of hydrogen-bond donors (Lipinski definition) is 1. The lowest BCUT2D eigenvalue weighted by atomic mass is 9.94. The van der Waals surface area contributed by atoms with Crippen LogP contribution in [0.3, 0.4) is 0 Å². The van der Waals surface area contributed by atoms with Gasteiger partial charge in [-0.15, -0.1) is 5.10 Å². The summed E-state index contributed by atoms with van der Waals surface area (Å²) in [5.74, 6) is 1.25. The predicted molar refractivity (Wildman–Crippen MR) is 79.7 cm³/mol. The zero-order valence-electron chi connectivity index (χ0n) is 12.8. The molecule has 2 aliphatic rings. The lowest BCUT2D eigenvalue weighted by molar-refractivity contribution is 0.183. The summed E-state index contributed by atoms with van der Waals surface area (Å²) in [6.45, 7) is 1.45. The van der Waals surface area contributed by atoms with Gasteiger partial charge in [-0.3, -0.25) is 4.68 Å². The second-order valence-corrected chi connectivity index (χ2v) is 6.10. The Bertz CT molecular complexity index is 646. The lowest BCUT2D eigenvalue weighted by Crippen LogP contribution is -2.17. The van der Waals surface area contributed by atoms with Gasteiger partial charge in [-0.25, -0.2) is 0 Å². The molecule has 0 spiro atoms. The standard InChI is InChI=1S/C15H21N5O2/c1-21-8-7-20-9-11-3-2-4-12(13(11)19-20)16-15-18-17-14(22-15)10-5-6-10/h9-10,12H,2-8H2,1H3,(H,16,18). The van der Waals surface area contributed by atoms with Crippen LogP contribution < -0.4 is 5.32 Å². The maximum atomic E-state index is 5.71. The van der Waals surface area contributed by atoms with E-state index < -0.39 is 0 Å². The van der Waals surface area contributed by atoms with Gasteiger partial charge in [0.1, 0.15) is 0 Å². The van der Waals surface area contributed by atoms with E-state index in [-0.39, 0.29) is 6.04 Å². The summed E-state index contributed by atoms with van der Waals surface area (Å²) in [5, 5.41) is 16.3. The number of ether oxygens (including phenoxy) is 1. The molecule has 1 saturated carbocycles. The monoisotopic (exact) mass is 303 g/mol. The highest BCUT2D eigenvalue weighted by Crippen LogP contribution is 2.40. The minimum atomic E-state index is 0.153. The summed E-state index contributed by atoms with van der Waals surface area (Å²) < 4.78 is 12.8. The fourth-order valence-corrected chi connectivity index (χ4v) is 2.97. The first-order valence-corrected chi connectivity index (χ1v) is 7.98. The molecule has 2 aromatic rings. The maximum Gasteiger partial charge on any atom is 0.316 e. The average Bonchev–Trinajstić information content (AvgIpc) is 3.12. The molecule has 0 bridgehead atoms. The molecule has 1 fully saturated rings. The number of aryl methyl sites for hydroxylation is 1. The normalized spacial score (nSPS) is 20.9. The molecule has 2 aliphatic carbocycles. The molecule has 22 heavy (non-hydrogen) atoms. The molecule has 2 heterocycles. The number of nitrogens with one attached hydrogen (secondary N) is 1. The molecule has 2 aromatic heterocycles. The van der Waals surface area contributed by atoms with E-state index in [4.69, 9.17) is 14.3 Å². The van der Waals surface area contributed by atoms with Crippen molar-refractivity contribution in [2.24, 2.45) is 0 Å². The van der Waals surface area contributed by atoms with Crippen molar-refractivity contribution >= 4 is 6.01 Å². The van der Waals surface area contributed by atoms with Gasteiger partial charge in [-0.2, -0.15) is 5.10 Å². The summed E-state index contributed by atoms with van der Waals surface area (Å²) in [7, 11) is 1.71. The van der Waals surface area contributed by atoms with Gasteiger partial charge in [0, 0.05) is 19.2 Å². The highest BCUT2D eigenvalue weighted by atomic mass is 16.5. The molecule has 7 nitrogen and oxygen atoms in total. The molecule has 1 N–H and O–H groups in total. The number of fused-ring (bicyclic) bond motifs is 1. The van der Waals surface area contributed by atoms with Crippen molar-refractivity contribution in [3.63, 3.8) is 0 Å². The van der Waals surface area contributed by atoms with Gasteiger partial charge in [0.05, 0.1) is 24.9 Å². The van der Waals surface area contributed by atoms with Crippen LogP contribution in [0.4, 0.5) is 6.01 Å². The largest absolute Gasteiger partial charge is 0.408 e. The Labute approximate surface area is 129 Å². The van der Waals surface area contributed by atoms with Crippen LogP contribution in [0, 0.1) is 0 Å². The van der Waals surface area contributed by atoms with E-state index in [1.54, 1.807) is 7.11 Å². The third kappa shape index (κ3) is 2.72. The van der Waals surface area contributed by atoms with E-state index in [0.717, 1.165) is 37.4 Å². The van der Waals surface area contributed by atoms with E-state index in [2.05, 4.69) is 21.7 Å². The Morgan fingerprint density at radius 2 is 2.27 bits per heavy atom. The Hall–Kier alpha value is -1.89. The molecule has 1 atom stereocenters. The Morgan fingerprint density at radius 3 is 3.09 bits per heavy atom. The molecule has 0 saturated heterocycles. The molecular formula is C15H21N5O2. The van der Waals surface area contributed by atoms with Crippen LogP contribution in [0.25, 0.3) is 0 Å². The fraction of sp³-hybridized carbons (Fsp3) is 0.667. The summed E-state index contributed by atoms with van der Waals surface area (Å²) in [5.41, 5.74) is 2.41. The quantitative estimate of drug-likeness (QED) is 0.882. The van der Waals surface area contributed by atoms with Crippen LogP contribution in [-0.2, 0) is 17.7 Å². The highest BCUT2D eigenvalue weighted by molar-refractivity contribution is 5.32. The zero-order chi connectivity index (χ0) is 14.9. The van der Waals surface area contributed by atoms with Gasteiger partial charge in [0.2, 0.25) is 5.89 Å². The number of nitrogens with zero attached hydrogens (tertiary/aromatic N) is 4. The second-order valence-electron chi connectivity index (χ2n) is 6.10. The van der Waals surface area contributed by atoms with Crippen molar-refractivity contribution in [3.8, 4) is 0 Å². The Balaban J connectivity index is 1.49. The van der Waals surface area contributed by atoms with Crippen LogP contribution >= 0.6 is 0 Å². The molecule has 4 rings (SSSR count). The van der Waals surface area contributed by atoms with Gasteiger partial charge in [-0.1, -0.05) is 5.10 Å². The summed E-state index contributed by atoms with van der Waals surface area (Å²) >= 11 is 0. The van der Waals surface area contributed by atoms with Gasteiger partial charge in [-0.05, 0) is 37.7 Å². The minimum Gasteiger partial charge on any atom is -0.408 e. The third-order valence-electron chi connectivity index (χ3n) is 4.33. The van der Waals surface area contributed by atoms with Crippen LogP contribution in [0.2, 0.25) is 0 Å². The fourth-order valence-electron chi connectivity index (χ4n) is 2.97. The van der Waals surface area contributed by atoms with Crippen molar-refractivity contribution in [1.29, 1.82) is 0 Å². The molecule has 118 valence electrons. The van der Waals surface area contributed by atoms with Gasteiger partial charge >= 0.3 is 6.01 Å². The van der Waals surface area contributed by atoms with Crippen LogP contribution in [0.5, 0.6) is 0 Å². The second kappa shape index (κ2) is 5.72. The van der Waals surface area contributed by atoms with Crippen molar-refractivity contribution < 1.29 is 9.15 Å². The van der Waals surface area contributed by atoms with E-state index in [0.29, 0.717) is 18.5 Å². The first-order valence-electron chi connectivity index (χ1n) is 7.98. The smallest absolute Gasteiger partial charge is 0.316 e. The van der Waals surface area contributed by atoms with Gasteiger partial charge in [0.15, 0.2) is 0 Å². The molecule has 0 aromatic carbocycles.